The molecule has 1 aromatic heterocycles. The van der Waals surface area contributed by atoms with E-state index in [1.807, 2.05) is 31.3 Å². The molecule has 2 heterocycles. The molecule has 1 fully saturated rings. The number of aromatic nitrogens is 2. The highest BCUT2D eigenvalue weighted by molar-refractivity contribution is 6.35. The van der Waals surface area contributed by atoms with Crippen LogP contribution in [0.2, 0.25) is 5.02 Å². The molecule has 0 spiro atoms. The molecule has 4 rings (SSSR count). The van der Waals surface area contributed by atoms with Crippen LogP contribution in [0.25, 0.3) is 10.9 Å². The molecule has 3 N–H and O–H groups in total. The number of piperidine rings is 1. The summed E-state index contributed by atoms with van der Waals surface area (Å²) in [6.07, 6.45) is -0.214. The molecule has 1 saturated heterocycles. The molecule has 3 aromatic rings. The Morgan fingerprint density at radius 2 is 1.98 bits per heavy atom. The summed E-state index contributed by atoms with van der Waals surface area (Å²) in [5, 5.41) is 13.8. The quantitative estimate of drug-likeness (QED) is 0.266. The average Bonchev–Trinajstić information content (AvgIpc) is 3.45. The number of benzene rings is 2. The van der Waals surface area contributed by atoms with Crippen molar-refractivity contribution in [2.24, 2.45) is 5.92 Å². The summed E-state index contributed by atoms with van der Waals surface area (Å²) in [5.74, 6) is -0.875. The fraction of sp³-hybridized carbons (Fsp3) is 0.448. The first-order valence-corrected chi connectivity index (χ1v) is 14.0. The van der Waals surface area contributed by atoms with E-state index in [-0.39, 0.29) is 25.3 Å². The fourth-order valence-electron chi connectivity index (χ4n) is 5.87. The van der Waals surface area contributed by atoms with Gasteiger partial charge in [0.1, 0.15) is 6.29 Å². The van der Waals surface area contributed by atoms with E-state index in [0.717, 1.165) is 16.7 Å². The largest absolute Gasteiger partial charge is 0.401 e. The third-order valence-electron chi connectivity index (χ3n) is 7.99. The molecule has 0 saturated carbocycles. The summed E-state index contributed by atoms with van der Waals surface area (Å²) >= 11 is 6.44. The highest BCUT2D eigenvalue weighted by atomic mass is 35.5. The van der Waals surface area contributed by atoms with Crippen LogP contribution in [0, 0.1) is 5.92 Å². The number of likely N-dealkylation sites (tertiary alicyclic amines) is 1. The Kier molecular flexibility index (Phi) is 9.90. The molecule has 1 atom stereocenters. The maximum absolute atomic E-state index is 13.3. The first-order chi connectivity index (χ1) is 20.0. The van der Waals surface area contributed by atoms with Crippen molar-refractivity contribution in [3.63, 3.8) is 0 Å². The lowest BCUT2D eigenvalue weighted by Crippen LogP contribution is -2.51. The van der Waals surface area contributed by atoms with Crippen molar-refractivity contribution >= 4 is 46.8 Å². The van der Waals surface area contributed by atoms with E-state index in [9.17, 15) is 27.6 Å². The lowest BCUT2D eigenvalue weighted by molar-refractivity contribution is -0.144. The lowest BCUT2D eigenvalue weighted by Gasteiger charge is -2.43. The molecular formula is C29H34ClF3N6O3. The van der Waals surface area contributed by atoms with Gasteiger partial charge in [0.05, 0.1) is 23.3 Å². The van der Waals surface area contributed by atoms with Crippen LogP contribution < -0.4 is 10.6 Å². The minimum atomic E-state index is -4.37. The normalized spacial score (nSPS) is 16.0. The van der Waals surface area contributed by atoms with Crippen LogP contribution in [0.15, 0.2) is 36.5 Å². The fourth-order valence-corrected chi connectivity index (χ4v) is 6.14. The molecular weight excluding hydrogens is 573 g/mol. The predicted molar refractivity (Wildman–Crippen MR) is 154 cm³/mol. The summed E-state index contributed by atoms with van der Waals surface area (Å²) in [5.41, 5.74) is 2.87. The molecule has 1 aliphatic rings. The number of rotatable bonds is 12. The Morgan fingerprint density at radius 3 is 2.62 bits per heavy atom. The number of nitrogens with one attached hydrogen (secondary N) is 3. The van der Waals surface area contributed by atoms with Gasteiger partial charge in [-0.2, -0.15) is 18.3 Å². The van der Waals surface area contributed by atoms with E-state index in [1.165, 1.54) is 13.2 Å². The Balaban J connectivity index is 1.48. The van der Waals surface area contributed by atoms with Gasteiger partial charge in [-0.3, -0.25) is 19.6 Å². The van der Waals surface area contributed by atoms with Gasteiger partial charge in [-0.05, 0) is 62.2 Å². The Hall–Kier alpha value is -3.48. The minimum absolute atomic E-state index is 0.0414. The lowest BCUT2D eigenvalue weighted by atomic mass is 9.80. The van der Waals surface area contributed by atoms with Crippen molar-refractivity contribution in [3.8, 4) is 0 Å². The Labute approximate surface area is 246 Å². The van der Waals surface area contributed by atoms with Crippen LogP contribution in [0.5, 0.6) is 0 Å². The zero-order chi connectivity index (χ0) is 30.5. The van der Waals surface area contributed by atoms with E-state index in [4.69, 9.17) is 11.6 Å². The van der Waals surface area contributed by atoms with Gasteiger partial charge < -0.3 is 20.3 Å². The van der Waals surface area contributed by atoms with Gasteiger partial charge in [-0.25, -0.2) is 0 Å². The highest BCUT2D eigenvalue weighted by Crippen LogP contribution is 2.37. The molecule has 9 nitrogen and oxygen atoms in total. The molecule has 0 aliphatic carbocycles. The zero-order valence-corrected chi connectivity index (χ0v) is 24.2. The number of fused-ring (bicyclic) bond motifs is 1. The molecule has 226 valence electrons. The van der Waals surface area contributed by atoms with Crippen molar-refractivity contribution in [1.29, 1.82) is 0 Å². The zero-order valence-electron chi connectivity index (χ0n) is 23.4. The van der Waals surface area contributed by atoms with Crippen molar-refractivity contribution in [1.82, 2.24) is 25.3 Å². The number of aldehydes is 1. The van der Waals surface area contributed by atoms with Crippen molar-refractivity contribution in [2.45, 2.75) is 43.9 Å². The third kappa shape index (κ3) is 7.11. The second-order valence-corrected chi connectivity index (χ2v) is 11.2. The number of anilines is 1. The molecule has 0 radical (unpaired) electrons. The van der Waals surface area contributed by atoms with Gasteiger partial charge in [0.25, 0.3) is 0 Å². The van der Waals surface area contributed by atoms with Crippen LogP contribution >= 0.6 is 11.6 Å². The minimum Gasteiger partial charge on any atom is -0.343 e. The second kappa shape index (κ2) is 13.2. The van der Waals surface area contributed by atoms with Gasteiger partial charge in [-0.1, -0.05) is 29.8 Å². The van der Waals surface area contributed by atoms with E-state index in [2.05, 4.69) is 20.8 Å². The van der Waals surface area contributed by atoms with Gasteiger partial charge >= 0.3 is 6.18 Å². The van der Waals surface area contributed by atoms with Crippen LogP contribution in [0.1, 0.15) is 36.0 Å². The number of halogens is 4. The van der Waals surface area contributed by atoms with E-state index >= 15 is 0 Å². The Bertz CT molecular complexity index is 1420. The molecule has 0 bridgehead atoms. The maximum atomic E-state index is 13.3. The number of amides is 2. The number of para-hydroxylation sites is 1. The van der Waals surface area contributed by atoms with E-state index < -0.39 is 24.2 Å². The standard InChI is InChI=1S/C29H34ClF3N6O3/c1-34-28(23-5-3-4-6-25(23)35-18-41)7-9-39(10-8-28)26(42)12-19(16-40)11-20-13-24(30)27-21(14-36-37-27)22(20)15-38(2)17-29(31,32)33/h3-6,13-14,16,18-19,34H,7-12,15,17H2,1-2H3,(H,35,41)(H,36,37)/t19-/m0/s1. The van der Waals surface area contributed by atoms with Crippen molar-refractivity contribution in [2.75, 3.05) is 39.0 Å². The summed E-state index contributed by atoms with van der Waals surface area (Å²) < 4.78 is 39.1. The van der Waals surface area contributed by atoms with Crippen LogP contribution in [-0.4, -0.2) is 78.5 Å². The number of hydrogen-bond acceptors (Lipinski definition) is 6. The number of alkyl halides is 3. The number of aromatic amines is 1. The Morgan fingerprint density at radius 1 is 1.26 bits per heavy atom. The SMILES string of the molecule is CNC1(c2ccccc2NC=O)CCN(C(=O)C[C@@H](C=O)Cc2cc(Cl)c3[nH]ncc3c2CN(C)CC(F)(F)F)CC1. The smallest absolute Gasteiger partial charge is 0.343 e. The summed E-state index contributed by atoms with van der Waals surface area (Å²) in [4.78, 5) is 39.5. The number of nitrogens with zero attached hydrogens (tertiary/aromatic N) is 3. The van der Waals surface area contributed by atoms with Gasteiger partial charge in [0.15, 0.2) is 0 Å². The summed E-state index contributed by atoms with van der Waals surface area (Å²) in [7, 11) is 3.22. The average molecular weight is 607 g/mol. The van der Waals surface area contributed by atoms with Gasteiger partial charge in [0, 0.05) is 48.6 Å². The number of carbonyl (C=O) groups is 3. The molecule has 42 heavy (non-hydrogen) atoms. The topological polar surface area (TPSA) is 110 Å². The van der Waals surface area contributed by atoms with Crippen LogP contribution in [0.3, 0.4) is 0 Å². The summed E-state index contributed by atoms with van der Waals surface area (Å²) in [6, 6.07) is 9.16. The first kappa shape index (κ1) is 31.5. The van der Waals surface area contributed by atoms with E-state index in [1.54, 1.807) is 11.0 Å². The second-order valence-electron chi connectivity index (χ2n) is 10.8. The number of hydrogen-bond donors (Lipinski definition) is 3. The number of carbonyl (C=O) groups excluding carboxylic acids is 3. The summed E-state index contributed by atoms with van der Waals surface area (Å²) in [6.45, 7) is -0.259. The molecule has 0 unspecified atom stereocenters. The molecule has 2 amide bonds. The third-order valence-corrected chi connectivity index (χ3v) is 8.28. The van der Waals surface area contributed by atoms with Crippen molar-refractivity contribution in [3.05, 3.63) is 58.2 Å². The predicted octanol–water partition coefficient (Wildman–Crippen LogP) is 4.26. The highest BCUT2D eigenvalue weighted by Gasteiger charge is 2.38. The van der Waals surface area contributed by atoms with Crippen LogP contribution in [-0.2, 0) is 32.9 Å². The number of H-pyrrole nitrogens is 1. The van der Waals surface area contributed by atoms with Gasteiger partial charge in [0.2, 0.25) is 12.3 Å². The monoisotopic (exact) mass is 606 g/mol. The van der Waals surface area contributed by atoms with E-state index in [0.29, 0.717) is 65.1 Å². The first-order valence-electron chi connectivity index (χ1n) is 13.6. The van der Waals surface area contributed by atoms with Crippen LogP contribution in [0.4, 0.5) is 18.9 Å². The van der Waals surface area contributed by atoms with Gasteiger partial charge in [-0.15, -0.1) is 0 Å². The van der Waals surface area contributed by atoms with Crippen molar-refractivity contribution < 1.29 is 27.6 Å². The molecule has 13 heteroatoms. The molecule has 2 aromatic carbocycles. The molecule has 1 aliphatic heterocycles. The maximum Gasteiger partial charge on any atom is 0.401 e.